The Morgan fingerprint density at radius 3 is 2.63 bits per heavy atom. The molecule has 2 aromatic rings. The summed E-state index contributed by atoms with van der Waals surface area (Å²) >= 11 is 5.80. The molecule has 3 nitrogen and oxygen atoms in total. The third kappa shape index (κ3) is 3.36. The first-order valence-electron chi connectivity index (χ1n) is 5.56. The van der Waals surface area contributed by atoms with Crippen molar-refractivity contribution in [2.24, 2.45) is 0 Å². The molecule has 96 valence electrons. The van der Waals surface area contributed by atoms with Gasteiger partial charge in [-0.1, -0.05) is 23.7 Å². The van der Waals surface area contributed by atoms with Gasteiger partial charge in [-0.25, -0.2) is 0 Å². The summed E-state index contributed by atoms with van der Waals surface area (Å²) < 4.78 is 0. The van der Waals surface area contributed by atoms with Gasteiger partial charge in [0.25, 0.3) is 0 Å². The van der Waals surface area contributed by atoms with Crippen LogP contribution in [-0.4, -0.2) is 16.0 Å². The molecule has 0 unspecified atom stereocenters. The summed E-state index contributed by atoms with van der Waals surface area (Å²) in [4.78, 5) is 11.9. The average molecular weight is 275 g/mol. The van der Waals surface area contributed by atoms with E-state index in [2.05, 4.69) is 0 Å². The number of phenols is 2. The van der Waals surface area contributed by atoms with Crippen molar-refractivity contribution >= 4 is 23.5 Å². The smallest absolute Gasteiger partial charge is 0.185 e. The van der Waals surface area contributed by atoms with Crippen molar-refractivity contribution in [3.63, 3.8) is 0 Å². The van der Waals surface area contributed by atoms with Crippen LogP contribution in [0.3, 0.4) is 0 Å². The maximum atomic E-state index is 11.9. The standard InChI is InChI=1S/C15H11ClO3/c16-12-3-1-2-10(8-12)14(18)6-4-11-9-13(17)5-7-15(11)19/h1-9,17,19H/b6-4+. The van der Waals surface area contributed by atoms with Gasteiger partial charge in [0, 0.05) is 16.1 Å². The van der Waals surface area contributed by atoms with E-state index in [-0.39, 0.29) is 17.3 Å². The van der Waals surface area contributed by atoms with Crippen LogP contribution in [0.5, 0.6) is 11.5 Å². The summed E-state index contributed by atoms with van der Waals surface area (Å²) in [7, 11) is 0. The van der Waals surface area contributed by atoms with E-state index in [0.717, 1.165) is 0 Å². The molecule has 2 rings (SSSR count). The summed E-state index contributed by atoms with van der Waals surface area (Å²) in [5.41, 5.74) is 0.832. The van der Waals surface area contributed by atoms with Gasteiger partial charge < -0.3 is 10.2 Å². The predicted molar refractivity (Wildman–Crippen MR) is 74.6 cm³/mol. The number of hydrogen-bond donors (Lipinski definition) is 2. The van der Waals surface area contributed by atoms with Gasteiger partial charge in [-0.3, -0.25) is 4.79 Å². The topological polar surface area (TPSA) is 57.5 Å². The van der Waals surface area contributed by atoms with Crippen molar-refractivity contribution < 1.29 is 15.0 Å². The quantitative estimate of drug-likeness (QED) is 0.510. The van der Waals surface area contributed by atoms with Gasteiger partial charge in [-0.05, 0) is 42.5 Å². The summed E-state index contributed by atoms with van der Waals surface area (Å²) in [5.74, 6) is -0.217. The zero-order chi connectivity index (χ0) is 13.8. The molecule has 0 saturated heterocycles. The zero-order valence-electron chi connectivity index (χ0n) is 9.88. The number of ketones is 1. The molecule has 0 aliphatic carbocycles. The van der Waals surface area contributed by atoms with Crippen molar-refractivity contribution in [2.45, 2.75) is 0 Å². The average Bonchev–Trinajstić information content (AvgIpc) is 2.39. The number of halogens is 1. The van der Waals surface area contributed by atoms with Crippen molar-refractivity contribution in [1.29, 1.82) is 0 Å². The zero-order valence-corrected chi connectivity index (χ0v) is 10.6. The molecule has 0 aromatic heterocycles. The second-order valence-corrected chi connectivity index (χ2v) is 4.39. The highest BCUT2D eigenvalue weighted by atomic mass is 35.5. The van der Waals surface area contributed by atoms with Crippen LogP contribution >= 0.6 is 11.6 Å². The van der Waals surface area contributed by atoms with Crippen molar-refractivity contribution in [3.8, 4) is 11.5 Å². The van der Waals surface area contributed by atoms with E-state index in [0.29, 0.717) is 16.1 Å². The number of allylic oxidation sites excluding steroid dienone is 1. The van der Waals surface area contributed by atoms with Crippen LogP contribution in [0, 0.1) is 0 Å². The molecule has 0 heterocycles. The highest BCUT2D eigenvalue weighted by molar-refractivity contribution is 6.31. The molecule has 0 aliphatic rings. The van der Waals surface area contributed by atoms with Gasteiger partial charge in [0.1, 0.15) is 11.5 Å². The Balaban J connectivity index is 2.23. The minimum Gasteiger partial charge on any atom is -0.508 e. The lowest BCUT2D eigenvalue weighted by Crippen LogP contribution is -1.93. The highest BCUT2D eigenvalue weighted by Crippen LogP contribution is 2.23. The number of hydrogen-bond acceptors (Lipinski definition) is 3. The highest BCUT2D eigenvalue weighted by Gasteiger charge is 2.03. The van der Waals surface area contributed by atoms with Crippen molar-refractivity contribution in [2.75, 3.05) is 0 Å². The van der Waals surface area contributed by atoms with E-state index in [1.807, 2.05) is 0 Å². The lowest BCUT2D eigenvalue weighted by atomic mass is 10.1. The summed E-state index contributed by atoms with van der Waals surface area (Å²) in [6, 6.07) is 10.7. The molecule has 0 aliphatic heterocycles. The molecule has 2 aromatic carbocycles. The molecule has 4 heteroatoms. The Kier molecular flexibility index (Phi) is 3.88. The molecular weight excluding hydrogens is 264 g/mol. The van der Waals surface area contributed by atoms with Crippen molar-refractivity contribution in [1.82, 2.24) is 0 Å². The summed E-state index contributed by atoms with van der Waals surface area (Å²) in [6.45, 7) is 0. The van der Waals surface area contributed by atoms with Crippen LogP contribution in [0.25, 0.3) is 6.08 Å². The molecule has 2 N–H and O–H groups in total. The summed E-state index contributed by atoms with van der Waals surface area (Å²) in [5, 5.41) is 19.4. The maximum Gasteiger partial charge on any atom is 0.185 e. The molecule has 0 radical (unpaired) electrons. The van der Waals surface area contributed by atoms with Crippen LogP contribution in [0.2, 0.25) is 5.02 Å². The fourth-order valence-corrected chi connectivity index (χ4v) is 1.77. The first kappa shape index (κ1) is 13.2. The Labute approximate surface area is 115 Å². The lowest BCUT2D eigenvalue weighted by molar-refractivity contribution is 0.104. The van der Waals surface area contributed by atoms with E-state index in [1.165, 1.54) is 30.4 Å². The molecule has 0 saturated carbocycles. The van der Waals surface area contributed by atoms with E-state index in [1.54, 1.807) is 24.3 Å². The molecule has 0 amide bonds. The molecule has 0 atom stereocenters. The molecule has 0 fully saturated rings. The van der Waals surface area contributed by atoms with Gasteiger partial charge in [0.2, 0.25) is 0 Å². The SMILES string of the molecule is O=C(/C=C/c1cc(O)ccc1O)c1cccc(Cl)c1. The molecule has 19 heavy (non-hydrogen) atoms. The third-order valence-electron chi connectivity index (χ3n) is 2.53. The van der Waals surface area contributed by atoms with Crippen molar-refractivity contribution in [3.05, 3.63) is 64.7 Å². The number of carbonyl (C=O) groups is 1. The Morgan fingerprint density at radius 1 is 1.11 bits per heavy atom. The van der Waals surface area contributed by atoms with E-state index < -0.39 is 0 Å². The normalized spacial score (nSPS) is 10.8. The van der Waals surface area contributed by atoms with Gasteiger partial charge >= 0.3 is 0 Å². The second kappa shape index (κ2) is 5.59. The van der Waals surface area contributed by atoms with Gasteiger partial charge in [-0.2, -0.15) is 0 Å². The van der Waals surface area contributed by atoms with Crippen LogP contribution < -0.4 is 0 Å². The molecular formula is C15H11ClO3. The minimum absolute atomic E-state index is 0.00653. The number of rotatable bonds is 3. The molecule has 0 spiro atoms. The Bertz CT molecular complexity index is 648. The Morgan fingerprint density at radius 2 is 1.89 bits per heavy atom. The van der Waals surface area contributed by atoms with Crippen LogP contribution in [0.4, 0.5) is 0 Å². The van der Waals surface area contributed by atoms with Crippen LogP contribution in [-0.2, 0) is 0 Å². The number of carbonyl (C=O) groups excluding carboxylic acids is 1. The number of phenolic OH excluding ortho intramolecular Hbond substituents is 2. The van der Waals surface area contributed by atoms with Crippen LogP contribution in [0.15, 0.2) is 48.5 Å². The predicted octanol–water partition coefficient (Wildman–Crippen LogP) is 3.65. The van der Waals surface area contributed by atoms with E-state index in [4.69, 9.17) is 11.6 Å². The number of aromatic hydroxyl groups is 2. The minimum atomic E-state index is -0.231. The van der Waals surface area contributed by atoms with Crippen LogP contribution in [0.1, 0.15) is 15.9 Å². The van der Waals surface area contributed by atoms with Gasteiger partial charge in [-0.15, -0.1) is 0 Å². The second-order valence-electron chi connectivity index (χ2n) is 3.95. The largest absolute Gasteiger partial charge is 0.508 e. The fourth-order valence-electron chi connectivity index (χ4n) is 1.58. The van der Waals surface area contributed by atoms with E-state index in [9.17, 15) is 15.0 Å². The monoisotopic (exact) mass is 274 g/mol. The first-order valence-corrected chi connectivity index (χ1v) is 5.94. The number of benzene rings is 2. The fraction of sp³-hybridized carbons (Fsp3) is 0. The lowest BCUT2D eigenvalue weighted by Gasteiger charge is -2.00. The maximum absolute atomic E-state index is 11.9. The van der Waals surface area contributed by atoms with E-state index >= 15 is 0 Å². The third-order valence-corrected chi connectivity index (χ3v) is 2.77. The first-order chi connectivity index (χ1) is 9.06. The van der Waals surface area contributed by atoms with Gasteiger partial charge in [0.05, 0.1) is 0 Å². The summed E-state index contributed by atoms with van der Waals surface area (Å²) in [6.07, 6.45) is 2.76. The Hall–Kier alpha value is -2.26. The molecule has 0 bridgehead atoms. The van der Waals surface area contributed by atoms with Gasteiger partial charge in [0.15, 0.2) is 5.78 Å².